The number of nitrogens with zero attached hydrogens (tertiary/aromatic N) is 2. The van der Waals surface area contributed by atoms with Gasteiger partial charge in [-0.1, -0.05) is 18.2 Å². The molecule has 1 atom stereocenters. The number of rotatable bonds is 5. The highest BCUT2D eigenvalue weighted by Crippen LogP contribution is 2.19. The maximum absolute atomic E-state index is 13.5. The molecule has 0 aliphatic heterocycles. The first-order valence-electron chi connectivity index (χ1n) is 7.93. The van der Waals surface area contributed by atoms with Crippen LogP contribution in [0.1, 0.15) is 22.7 Å². The monoisotopic (exact) mass is 456 g/mol. The van der Waals surface area contributed by atoms with Crippen molar-refractivity contribution in [1.82, 2.24) is 4.90 Å². The van der Waals surface area contributed by atoms with Crippen LogP contribution in [0.15, 0.2) is 47.5 Å². The Morgan fingerprint density at radius 3 is 2.48 bits per heavy atom. The van der Waals surface area contributed by atoms with Crippen LogP contribution < -0.4 is 11.1 Å². The quantitative estimate of drug-likeness (QED) is 0.405. The van der Waals surface area contributed by atoms with E-state index >= 15 is 0 Å². The number of likely N-dealkylation sites (N-methyl/N-ethyl adjacent to an activating group) is 1. The highest BCUT2D eigenvalue weighted by atomic mass is 127. The average Bonchev–Trinajstić information content (AvgIpc) is 2.51. The summed E-state index contributed by atoms with van der Waals surface area (Å²) in [6.45, 7) is 4.57. The molecular formula is C19H26FIN4. The van der Waals surface area contributed by atoms with Gasteiger partial charge in [0.25, 0.3) is 0 Å². The molecule has 1 unspecified atom stereocenters. The Morgan fingerprint density at radius 2 is 1.88 bits per heavy atom. The number of nitrogens with one attached hydrogen (secondary N) is 1. The Labute approximate surface area is 166 Å². The predicted octanol–water partition coefficient (Wildman–Crippen LogP) is 4.09. The van der Waals surface area contributed by atoms with Crippen LogP contribution in [0.2, 0.25) is 0 Å². The lowest BCUT2D eigenvalue weighted by Crippen LogP contribution is -2.27. The summed E-state index contributed by atoms with van der Waals surface area (Å²) in [7, 11) is 3.89. The van der Waals surface area contributed by atoms with E-state index in [4.69, 9.17) is 5.73 Å². The number of benzene rings is 2. The molecule has 0 aliphatic carbocycles. The van der Waals surface area contributed by atoms with Crippen molar-refractivity contribution in [2.45, 2.75) is 19.9 Å². The van der Waals surface area contributed by atoms with Gasteiger partial charge in [0.15, 0.2) is 5.96 Å². The van der Waals surface area contributed by atoms with Gasteiger partial charge in [-0.25, -0.2) is 4.39 Å². The lowest BCUT2D eigenvalue weighted by atomic mass is 10.1. The number of aryl methyl sites for hydroxylation is 2. The maximum Gasteiger partial charge on any atom is 0.193 e. The van der Waals surface area contributed by atoms with Gasteiger partial charge in [0.1, 0.15) is 5.82 Å². The van der Waals surface area contributed by atoms with E-state index < -0.39 is 0 Å². The second-order valence-electron chi connectivity index (χ2n) is 6.18. The minimum atomic E-state index is -0.246. The molecule has 0 aliphatic rings. The molecule has 0 amide bonds. The molecule has 0 radical (unpaired) electrons. The van der Waals surface area contributed by atoms with Gasteiger partial charge in [0.2, 0.25) is 0 Å². The summed E-state index contributed by atoms with van der Waals surface area (Å²) in [5, 5.41) is 3.10. The summed E-state index contributed by atoms with van der Waals surface area (Å²) in [4.78, 5) is 6.42. The zero-order valence-electron chi connectivity index (χ0n) is 15.1. The third-order valence-corrected chi connectivity index (χ3v) is 4.07. The number of aliphatic imine (C=N–C) groups is 1. The van der Waals surface area contributed by atoms with Gasteiger partial charge in [-0.15, -0.1) is 24.0 Å². The molecule has 0 heterocycles. The van der Waals surface area contributed by atoms with Crippen molar-refractivity contribution < 1.29 is 4.39 Å². The van der Waals surface area contributed by atoms with Crippen LogP contribution in [-0.2, 0) is 0 Å². The van der Waals surface area contributed by atoms with Crippen molar-refractivity contribution in [3.8, 4) is 0 Å². The predicted molar refractivity (Wildman–Crippen MR) is 114 cm³/mol. The van der Waals surface area contributed by atoms with Gasteiger partial charge in [0, 0.05) is 5.69 Å². The van der Waals surface area contributed by atoms with Gasteiger partial charge in [0.05, 0.1) is 12.6 Å². The van der Waals surface area contributed by atoms with E-state index in [2.05, 4.69) is 24.2 Å². The smallest absolute Gasteiger partial charge is 0.193 e. The topological polar surface area (TPSA) is 53.6 Å². The highest BCUT2D eigenvalue weighted by Gasteiger charge is 2.14. The largest absolute Gasteiger partial charge is 0.370 e. The molecule has 2 rings (SSSR count). The Morgan fingerprint density at radius 1 is 1.16 bits per heavy atom. The first-order valence-corrected chi connectivity index (χ1v) is 7.93. The molecule has 0 spiro atoms. The van der Waals surface area contributed by atoms with E-state index in [1.807, 2.05) is 43.3 Å². The molecule has 4 nitrogen and oxygen atoms in total. The molecule has 6 heteroatoms. The summed E-state index contributed by atoms with van der Waals surface area (Å²) in [5.74, 6) is 0.103. The summed E-state index contributed by atoms with van der Waals surface area (Å²) in [5.41, 5.74) is 10.2. The van der Waals surface area contributed by atoms with Crippen LogP contribution >= 0.6 is 24.0 Å². The molecule has 0 bridgehead atoms. The number of hydrogen-bond donors (Lipinski definition) is 2. The normalized spacial score (nSPS) is 12.6. The summed E-state index contributed by atoms with van der Waals surface area (Å²) < 4.78 is 13.5. The average molecular weight is 456 g/mol. The lowest BCUT2D eigenvalue weighted by Gasteiger charge is -2.23. The third-order valence-electron chi connectivity index (χ3n) is 4.07. The van der Waals surface area contributed by atoms with E-state index in [1.54, 1.807) is 6.07 Å². The van der Waals surface area contributed by atoms with Crippen molar-refractivity contribution in [2.24, 2.45) is 10.7 Å². The first kappa shape index (κ1) is 21.4. The van der Waals surface area contributed by atoms with Crippen LogP contribution in [-0.4, -0.2) is 31.5 Å². The summed E-state index contributed by atoms with van der Waals surface area (Å²) in [6, 6.07) is 12.6. The number of anilines is 1. The van der Waals surface area contributed by atoms with E-state index in [0.29, 0.717) is 12.5 Å². The van der Waals surface area contributed by atoms with Crippen LogP contribution in [0, 0.1) is 19.7 Å². The Hall–Kier alpha value is -1.67. The number of nitrogens with two attached hydrogens (primary N) is 1. The summed E-state index contributed by atoms with van der Waals surface area (Å²) in [6.07, 6.45) is 0. The van der Waals surface area contributed by atoms with Crippen molar-refractivity contribution >= 4 is 35.6 Å². The SMILES string of the molecule is Cc1ccc(NC(N)=NCC(c2cccc(F)c2)N(C)C)cc1C.I. The van der Waals surface area contributed by atoms with E-state index in [0.717, 1.165) is 11.3 Å². The van der Waals surface area contributed by atoms with Crippen molar-refractivity contribution in [3.05, 3.63) is 65.0 Å². The molecule has 136 valence electrons. The van der Waals surface area contributed by atoms with Crippen LogP contribution in [0.5, 0.6) is 0 Å². The van der Waals surface area contributed by atoms with Gasteiger partial charge in [-0.2, -0.15) is 0 Å². The Kier molecular flexibility index (Phi) is 8.31. The molecule has 0 saturated carbocycles. The van der Waals surface area contributed by atoms with Crippen molar-refractivity contribution in [2.75, 3.05) is 26.0 Å². The molecule has 0 saturated heterocycles. The van der Waals surface area contributed by atoms with Crippen LogP contribution in [0.4, 0.5) is 10.1 Å². The number of halogens is 2. The van der Waals surface area contributed by atoms with E-state index in [-0.39, 0.29) is 35.8 Å². The number of guanidine groups is 1. The minimum Gasteiger partial charge on any atom is -0.370 e. The minimum absolute atomic E-state index is 0. The van der Waals surface area contributed by atoms with Gasteiger partial charge in [-0.3, -0.25) is 4.99 Å². The van der Waals surface area contributed by atoms with Gasteiger partial charge >= 0.3 is 0 Å². The molecule has 2 aromatic carbocycles. The van der Waals surface area contributed by atoms with Crippen molar-refractivity contribution in [1.29, 1.82) is 0 Å². The van der Waals surface area contributed by atoms with Gasteiger partial charge < -0.3 is 16.0 Å². The molecule has 0 aromatic heterocycles. The Bertz CT molecular complexity index is 731. The third kappa shape index (κ3) is 6.28. The van der Waals surface area contributed by atoms with Crippen LogP contribution in [0.3, 0.4) is 0 Å². The number of hydrogen-bond acceptors (Lipinski definition) is 2. The van der Waals surface area contributed by atoms with Gasteiger partial charge in [-0.05, 0) is 68.9 Å². The fourth-order valence-electron chi connectivity index (χ4n) is 2.47. The molecule has 25 heavy (non-hydrogen) atoms. The van der Waals surface area contributed by atoms with E-state index in [1.165, 1.54) is 23.3 Å². The summed E-state index contributed by atoms with van der Waals surface area (Å²) >= 11 is 0. The lowest BCUT2D eigenvalue weighted by molar-refractivity contribution is 0.306. The molecule has 3 N–H and O–H groups in total. The maximum atomic E-state index is 13.5. The van der Waals surface area contributed by atoms with Crippen molar-refractivity contribution in [3.63, 3.8) is 0 Å². The molecular weight excluding hydrogens is 430 g/mol. The standard InChI is InChI=1S/C19H25FN4.HI/c1-13-8-9-17(10-14(13)2)23-19(21)22-12-18(24(3)4)15-6-5-7-16(20)11-15;/h5-11,18H,12H2,1-4H3,(H3,21,22,23);1H. The van der Waals surface area contributed by atoms with E-state index in [9.17, 15) is 4.39 Å². The molecule has 0 fully saturated rings. The first-order chi connectivity index (χ1) is 11.4. The zero-order valence-corrected chi connectivity index (χ0v) is 17.4. The molecule has 2 aromatic rings. The fourth-order valence-corrected chi connectivity index (χ4v) is 2.47. The van der Waals surface area contributed by atoms with Crippen LogP contribution in [0.25, 0.3) is 0 Å². The second-order valence-corrected chi connectivity index (χ2v) is 6.18. The highest BCUT2D eigenvalue weighted by molar-refractivity contribution is 14.0. The Balaban J connectivity index is 0.00000312. The fraction of sp³-hybridized carbons (Fsp3) is 0.316. The second kappa shape index (κ2) is 9.72. The zero-order chi connectivity index (χ0) is 17.7.